The Hall–Kier alpha value is -4.19. The molecular formula is C20H17N5O4. The lowest BCUT2D eigenvalue weighted by Crippen LogP contribution is -2.26. The number of nitro groups is 1. The number of benzene rings is 1. The second kappa shape index (κ2) is 9.14. The Morgan fingerprint density at radius 3 is 2.90 bits per heavy atom. The fourth-order valence-corrected chi connectivity index (χ4v) is 2.68. The predicted octanol–water partition coefficient (Wildman–Crippen LogP) is 3.16. The molecule has 146 valence electrons. The fourth-order valence-electron chi connectivity index (χ4n) is 2.68. The molecule has 0 aliphatic carbocycles. The molecule has 0 aliphatic rings. The van der Waals surface area contributed by atoms with E-state index in [9.17, 15) is 20.2 Å². The average molecular weight is 391 g/mol. The van der Waals surface area contributed by atoms with Gasteiger partial charge in [0.05, 0.1) is 16.8 Å². The number of hydrogen-bond acceptors (Lipinski definition) is 6. The minimum Gasteiger partial charge on any atom is -0.456 e. The maximum absolute atomic E-state index is 12.2. The number of aryl methyl sites for hydroxylation is 1. The van der Waals surface area contributed by atoms with Gasteiger partial charge in [0.2, 0.25) is 0 Å². The second-order valence-corrected chi connectivity index (χ2v) is 6.06. The van der Waals surface area contributed by atoms with Gasteiger partial charge in [0.15, 0.2) is 0 Å². The zero-order valence-electron chi connectivity index (χ0n) is 15.3. The molecule has 1 aromatic carbocycles. The number of aromatic nitrogens is 2. The van der Waals surface area contributed by atoms with Crippen LogP contribution in [0.25, 0.3) is 17.4 Å². The van der Waals surface area contributed by atoms with E-state index < -0.39 is 10.8 Å². The average Bonchev–Trinajstić information content (AvgIpc) is 3.41. The first-order valence-corrected chi connectivity index (χ1v) is 8.78. The molecule has 0 fully saturated rings. The van der Waals surface area contributed by atoms with Crippen molar-refractivity contribution in [2.24, 2.45) is 0 Å². The van der Waals surface area contributed by atoms with Crippen molar-refractivity contribution in [1.82, 2.24) is 14.9 Å². The monoisotopic (exact) mass is 391 g/mol. The first-order valence-electron chi connectivity index (χ1n) is 8.78. The van der Waals surface area contributed by atoms with E-state index in [4.69, 9.17) is 4.42 Å². The van der Waals surface area contributed by atoms with Crippen LogP contribution in [-0.4, -0.2) is 26.9 Å². The number of rotatable bonds is 8. The van der Waals surface area contributed by atoms with Crippen molar-refractivity contribution in [2.45, 2.75) is 13.0 Å². The Labute approximate surface area is 166 Å². The summed E-state index contributed by atoms with van der Waals surface area (Å²) in [4.78, 5) is 26.8. The summed E-state index contributed by atoms with van der Waals surface area (Å²) in [5.74, 6) is 0.0200. The van der Waals surface area contributed by atoms with Crippen molar-refractivity contribution < 1.29 is 14.1 Å². The summed E-state index contributed by atoms with van der Waals surface area (Å²) in [7, 11) is 0. The summed E-state index contributed by atoms with van der Waals surface area (Å²) in [6.07, 6.45) is 7.19. The third kappa shape index (κ3) is 4.95. The van der Waals surface area contributed by atoms with Crippen LogP contribution in [0.2, 0.25) is 0 Å². The first-order chi connectivity index (χ1) is 14.1. The van der Waals surface area contributed by atoms with Crippen molar-refractivity contribution >= 4 is 17.7 Å². The highest BCUT2D eigenvalue weighted by molar-refractivity contribution is 6.01. The molecule has 29 heavy (non-hydrogen) atoms. The van der Waals surface area contributed by atoms with E-state index in [1.807, 2.05) is 16.8 Å². The molecule has 2 aromatic heterocycles. The highest BCUT2D eigenvalue weighted by atomic mass is 16.6. The standard InChI is InChI=1S/C20H17N5O4/c21-13-15(20(26)23-8-3-10-24-11-9-22-14-24)12-16-6-7-19(29-16)17-4-1-2-5-18(17)25(27)28/h1-2,4-7,9,11-12,14H,3,8,10H2,(H,23,26). The summed E-state index contributed by atoms with van der Waals surface area (Å²) in [6.45, 7) is 1.10. The van der Waals surface area contributed by atoms with Gasteiger partial charge in [-0.05, 0) is 24.6 Å². The number of nitriles is 1. The number of nitrogens with one attached hydrogen (secondary N) is 1. The quantitative estimate of drug-likeness (QED) is 0.207. The summed E-state index contributed by atoms with van der Waals surface area (Å²) < 4.78 is 7.48. The van der Waals surface area contributed by atoms with Gasteiger partial charge in [0, 0.05) is 37.6 Å². The van der Waals surface area contributed by atoms with Gasteiger partial charge in [-0.1, -0.05) is 12.1 Å². The number of imidazole rings is 1. The molecule has 3 rings (SSSR count). The molecule has 0 spiro atoms. The highest BCUT2D eigenvalue weighted by Gasteiger charge is 2.17. The van der Waals surface area contributed by atoms with Gasteiger partial charge >= 0.3 is 0 Å². The Morgan fingerprint density at radius 1 is 1.34 bits per heavy atom. The van der Waals surface area contributed by atoms with Crippen molar-refractivity contribution in [3.05, 3.63) is 76.6 Å². The fraction of sp³-hybridized carbons (Fsp3) is 0.150. The summed E-state index contributed by atoms with van der Waals surface area (Å²) in [5, 5.41) is 23.1. The molecule has 9 heteroatoms. The number of carbonyl (C=O) groups is 1. The van der Waals surface area contributed by atoms with Gasteiger partial charge in [-0.25, -0.2) is 4.98 Å². The lowest BCUT2D eigenvalue weighted by atomic mass is 10.1. The van der Waals surface area contributed by atoms with Crippen molar-refractivity contribution in [3.63, 3.8) is 0 Å². The van der Waals surface area contributed by atoms with Gasteiger partial charge in [0.1, 0.15) is 23.2 Å². The predicted molar refractivity (Wildman–Crippen MR) is 104 cm³/mol. The van der Waals surface area contributed by atoms with Crippen molar-refractivity contribution in [2.75, 3.05) is 6.54 Å². The summed E-state index contributed by atoms with van der Waals surface area (Å²) >= 11 is 0. The maximum atomic E-state index is 12.2. The summed E-state index contributed by atoms with van der Waals surface area (Å²) in [5.41, 5.74) is 0.115. The number of furan rings is 1. The molecule has 0 radical (unpaired) electrons. The zero-order valence-corrected chi connectivity index (χ0v) is 15.3. The lowest BCUT2D eigenvalue weighted by Gasteiger charge is -2.04. The van der Waals surface area contributed by atoms with E-state index in [2.05, 4.69) is 10.3 Å². The van der Waals surface area contributed by atoms with Crippen LogP contribution in [0.5, 0.6) is 0 Å². The molecular weight excluding hydrogens is 374 g/mol. The number of para-hydroxylation sites is 1. The van der Waals surface area contributed by atoms with E-state index in [0.29, 0.717) is 25.1 Å². The highest BCUT2D eigenvalue weighted by Crippen LogP contribution is 2.31. The van der Waals surface area contributed by atoms with E-state index in [1.54, 1.807) is 42.9 Å². The SMILES string of the molecule is N#CC(=Cc1ccc(-c2ccccc2[N+](=O)[O-])o1)C(=O)NCCCn1ccnc1. The minimum atomic E-state index is -0.512. The zero-order chi connectivity index (χ0) is 20.6. The van der Waals surface area contributed by atoms with Gasteiger partial charge in [-0.3, -0.25) is 14.9 Å². The maximum Gasteiger partial charge on any atom is 0.280 e. The van der Waals surface area contributed by atoms with Crippen molar-refractivity contribution in [3.8, 4) is 17.4 Å². The topological polar surface area (TPSA) is 127 Å². The van der Waals surface area contributed by atoms with E-state index in [-0.39, 0.29) is 22.8 Å². The van der Waals surface area contributed by atoms with E-state index >= 15 is 0 Å². The molecule has 0 atom stereocenters. The number of hydrogen-bond donors (Lipinski definition) is 1. The Bertz CT molecular complexity index is 1080. The normalized spacial score (nSPS) is 11.1. The molecule has 1 N–H and O–H groups in total. The van der Waals surface area contributed by atoms with Crippen LogP contribution in [0.3, 0.4) is 0 Å². The van der Waals surface area contributed by atoms with Gasteiger partial charge in [-0.15, -0.1) is 0 Å². The number of carbonyl (C=O) groups excluding carboxylic acids is 1. The molecule has 0 unspecified atom stereocenters. The smallest absolute Gasteiger partial charge is 0.280 e. The lowest BCUT2D eigenvalue weighted by molar-refractivity contribution is -0.384. The molecule has 0 aliphatic heterocycles. The van der Waals surface area contributed by atoms with Crippen LogP contribution in [0.1, 0.15) is 12.2 Å². The number of nitrogens with zero attached hydrogens (tertiary/aromatic N) is 4. The van der Waals surface area contributed by atoms with Crippen LogP contribution in [-0.2, 0) is 11.3 Å². The van der Waals surface area contributed by atoms with Crippen LogP contribution >= 0.6 is 0 Å². The molecule has 0 saturated heterocycles. The Kier molecular flexibility index (Phi) is 6.17. The molecule has 3 aromatic rings. The second-order valence-electron chi connectivity index (χ2n) is 6.06. The molecule has 0 bridgehead atoms. The van der Waals surface area contributed by atoms with E-state index in [0.717, 1.165) is 0 Å². The first kappa shape index (κ1) is 19.6. The third-order valence-corrected chi connectivity index (χ3v) is 4.08. The van der Waals surface area contributed by atoms with E-state index in [1.165, 1.54) is 12.1 Å². The van der Waals surface area contributed by atoms with Gasteiger partial charge in [-0.2, -0.15) is 5.26 Å². The van der Waals surface area contributed by atoms with Crippen LogP contribution in [0.15, 0.2) is 65.1 Å². The largest absolute Gasteiger partial charge is 0.456 e. The van der Waals surface area contributed by atoms with Gasteiger partial charge < -0.3 is 14.3 Å². The minimum absolute atomic E-state index is 0.0893. The van der Waals surface area contributed by atoms with Crippen LogP contribution in [0.4, 0.5) is 5.69 Å². The third-order valence-electron chi connectivity index (χ3n) is 4.08. The van der Waals surface area contributed by atoms with Gasteiger partial charge in [0.25, 0.3) is 11.6 Å². The molecule has 2 heterocycles. The number of nitro benzene ring substituents is 1. The Balaban J connectivity index is 1.66. The Morgan fingerprint density at radius 2 is 2.17 bits per heavy atom. The molecule has 1 amide bonds. The number of amides is 1. The summed E-state index contributed by atoms with van der Waals surface area (Å²) in [6, 6.07) is 11.1. The van der Waals surface area contributed by atoms with Crippen LogP contribution in [0, 0.1) is 21.4 Å². The van der Waals surface area contributed by atoms with Crippen molar-refractivity contribution in [1.29, 1.82) is 5.26 Å². The molecule has 9 nitrogen and oxygen atoms in total. The van der Waals surface area contributed by atoms with Crippen LogP contribution < -0.4 is 5.32 Å². The molecule has 0 saturated carbocycles.